The van der Waals surface area contributed by atoms with Crippen molar-refractivity contribution in [1.82, 2.24) is 0 Å². The molecule has 0 aromatic heterocycles. The quantitative estimate of drug-likeness (QED) is 0.413. The molecule has 0 aliphatic carbocycles. The summed E-state index contributed by atoms with van der Waals surface area (Å²) in [6, 6.07) is 0. The van der Waals surface area contributed by atoms with Gasteiger partial charge in [0.2, 0.25) is 8.32 Å². The van der Waals surface area contributed by atoms with E-state index in [1.165, 1.54) is 6.42 Å². The molecule has 0 N–H and O–H groups in total. The van der Waals surface area contributed by atoms with E-state index in [0.29, 0.717) is 12.6 Å². The van der Waals surface area contributed by atoms with Crippen LogP contribution in [0.4, 0.5) is 0 Å². The summed E-state index contributed by atoms with van der Waals surface area (Å²) in [4.78, 5) is 0. The fraction of sp³-hybridized carbons (Fsp3) is 0.867. The molecule has 1 atom stereocenters. The van der Waals surface area contributed by atoms with Crippen molar-refractivity contribution < 1.29 is 13.6 Å². The van der Waals surface area contributed by atoms with E-state index in [4.69, 9.17) is 13.6 Å². The Morgan fingerprint density at radius 2 is 1.60 bits per heavy atom. The van der Waals surface area contributed by atoms with Crippen LogP contribution in [0.3, 0.4) is 0 Å². The predicted octanol–water partition coefficient (Wildman–Crippen LogP) is 5.13. The van der Waals surface area contributed by atoms with Gasteiger partial charge in [0.25, 0.3) is 5.95 Å². The molecule has 0 aliphatic heterocycles. The second-order valence-electron chi connectivity index (χ2n) is 7.04. The van der Waals surface area contributed by atoms with E-state index in [9.17, 15) is 0 Å². The van der Waals surface area contributed by atoms with Crippen molar-refractivity contribution >= 4 is 16.6 Å². The summed E-state index contributed by atoms with van der Waals surface area (Å²) in [5.74, 6) is 0.658. The summed E-state index contributed by atoms with van der Waals surface area (Å²) in [6.07, 6.45) is 5.54. The Hall–Kier alpha value is -0.266. The lowest BCUT2D eigenvalue weighted by Crippen LogP contribution is -2.32. The summed E-state index contributed by atoms with van der Waals surface area (Å²) in [5, 5.41) is 0. The number of hydrogen-bond acceptors (Lipinski definition) is 3. The first kappa shape index (κ1) is 19.7. The summed E-state index contributed by atoms with van der Waals surface area (Å²) < 4.78 is 17.9. The predicted molar refractivity (Wildman–Crippen MR) is 91.9 cm³/mol. The van der Waals surface area contributed by atoms with E-state index in [1.807, 2.05) is 6.92 Å². The standard InChI is InChI=1S/C15H34O3Si2/c1-9-11-12-14(17-19(3,4)5)13-15(16-10-2)18-20(6,7)8/h13-14H,9-12H2,1-8H3/b15-13+. The highest BCUT2D eigenvalue weighted by molar-refractivity contribution is 6.70. The minimum Gasteiger partial charge on any atom is -0.520 e. The van der Waals surface area contributed by atoms with Gasteiger partial charge < -0.3 is 13.6 Å². The fourth-order valence-electron chi connectivity index (χ4n) is 1.74. The van der Waals surface area contributed by atoms with Gasteiger partial charge in [-0.2, -0.15) is 0 Å². The van der Waals surface area contributed by atoms with Crippen LogP contribution in [-0.2, 0) is 13.6 Å². The van der Waals surface area contributed by atoms with Crippen molar-refractivity contribution in [2.45, 2.75) is 78.5 Å². The molecule has 5 heteroatoms. The smallest absolute Gasteiger partial charge is 0.263 e. The van der Waals surface area contributed by atoms with Crippen molar-refractivity contribution in [3.63, 3.8) is 0 Å². The van der Waals surface area contributed by atoms with Crippen LogP contribution in [-0.4, -0.2) is 29.3 Å². The molecule has 120 valence electrons. The molecule has 0 saturated heterocycles. The maximum atomic E-state index is 6.25. The van der Waals surface area contributed by atoms with Gasteiger partial charge in [0, 0.05) is 6.08 Å². The Kier molecular flexibility index (Phi) is 8.78. The van der Waals surface area contributed by atoms with Gasteiger partial charge in [-0.3, -0.25) is 0 Å². The third-order valence-corrected chi connectivity index (χ3v) is 4.19. The largest absolute Gasteiger partial charge is 0.520 e. The molecule has 0 radical (unpaired) electrons. The zero-order chi connectivity index (χ0) is 15.8. The van der Waals surface area contributed by atoms with Crippen LogP contribution in [0.2, 0.25) is 39.3 Å². The first-order chi connectivity index (χ1) is 9.07. The zero-order valence-corrected chi connectivity index (χ0v) is 16.7. The Morgan fingerprint density at radius 3 is 2.00 bits per heavy atom. The highest BCUT2D eigenvalue weighted by Crippen LogP contribution is 2.18. The Morgan fingerprint density at radius 1 is 1.00 bits per heavy atom. The van der Waals surface area contributed by atoms with Crippen LogP contribution < -0.4 is 0 Å². The molecular weight excluding hydrogens is 284 g/mol. The molecule has 0 rings (SSSR count). The van der Waals surface area contributed by atoms with Crippen LogP contribution in [0.5, 0.6) is 0 Å². The summed E-state index contributed by atoms with van der Waals surface area (Å²) in [5.41, 5.74) is 0. The second kappa shape index (κ2) is 8.90. The fourth-order valence-corrected chi connectivity index (χ4v) is 3.57. The van der Waals surface area contributed by atoms with E-state index < -0.39 is 16.6 Å². The lowest BCUT2D eigenvalue weighted by Gasteiger charge is -2.27. The van der Waals surface area contributed by atoms with Crippen molar-refractivity contribution in [3.8, 4) is 0 Å². The SMILES string of the molecule is CCCCC(/C=C(\OCC)O[Si](C)(C)C)O[Si](C)(C)C. The molecule has 0 aromatic rings. The molecule has 0 fully saturated rings. The van der Waals surface area contributed by atoms with Crippen LogP contribution in [0.15, 0.2) is 12.0 Å². The topological polar surface area (TPSA) is 27.7 Å². The summed E-state index contributed by atoms with van der Waals surface area (Å²) in [7, 11) is -3.21. The van der Waals surface area contributed by atoms with E-state index in [2.05, 4.69) is 52.3 Å². The number of unbranched alkanes of at least 4 members (excludes halogenated alkanes) is 1. The third kappa shape index (κ3) is 11.6. The van der Waals surface area contributed by atoms with Gasteiger partial charge in [0.15, 0.2) is 8.32 Å². The average molecular weight is 319 g/mol. The van der Waals surface area contributed by atoms with Gasteiger partial charge in [0.05, 0.1) is 12.7 Å². The first-order valence-electron chi connectivity index (χ1n) is 7.79. The molecule has 0 amide bonds. The lowest BCUT2D eigenvalue weighted by molar-refractivity contribution is 0.103. The van der Waals surface area contributed by atoms with Crippen molar-refractivity contribution in [3.05, 3.63) is 12.0 Å². The zero-order valence-electron chi connectivity index (χ0n) is 14.7. The normalized spacial score (nSPS) is 15.1. The molecule has 0 aliphatic rings. The number of rotatable bonds is 10. The molecule has 0 spiro atoms. The Bertz CT molecular complexity index is 290. The molecule has 0 aromatic carbocycles. The number of hydrogen-bond donors (Lipinski definition) is 0. The highest BCUT2D eigenvalue weighted by atomic mass is 28.4. The molecule has 1 unspecified atom stereocenters. The molecule has 3 nitrogen and oxygen atoms in total. The molecule has 0 heterocycles. The lowest BCUT2D eigenvalue weighted by atomic mass is 10.1. The van der Waals surface area contributed by atoms with Gasteiger partial charge in [0.1, 0.15) is 0 Å². The van der Waals surface area contributed by atoms with E-state index in [1.54, 1.807) is 0 Å². The maximum absolute atomic E-state index is 6.25. The third-order valence-electron chi connectivity index (χ3n) is 2.36. The van der Waals surface area contributed by atoms with Crippen LogP contribution in [0, 0.1) is 0 Å². The maximum Gasteiger partial charge on any atom is 0.263 e. The summed E-state index contributed by atoms with van der Waals surface area (Å²) >= 11 is 0. The van der Waals surface area contributed by atoms with Crippen LogP contribution >= 0.6 is 0 Å². The minimum atomic E-state index is -1.65. The molecule has 0 saturated carbocycles. The van der Waals surface area contributed by atoms with Crippen molar-refractivity contribution in [1.29, 1.82) is 0 Å². The molecule has 0 bridgehead atoms. The van der Waals surface area contributed by atoms with Gasteiger partial charge in [-0.05, 0) is 52.6 Å². The average Bonchev–Trinajstić information content (AvgIpc) is 2.21. The van der Waals surface area contributed by atoms with Gasteiger partial charge in [-0.15, -0.1) is 0 Å². The number of ether oxygens (including phenoxy) is 1. The van der Waals surface area contributed by atoms with E-state index >= 15 is 0 Å². The second-order valence-corrected chi connectivity index (χ2v) is 15.9. The van der Waals surface area contributed by atoms with Crippen LogP contribution in [0.1, 0.15) is 33.1 Å². The molecule has 20 heavy (non-hydrogen) atoms. The van der Waals surface area contributed by atoms with Gasteiger partial charge >= 0.3 is 0 Å². The molecular formula is C15H34O3Si2. The van der Waals surface area contributed by atoms with E-state index in [-0.39, 0.29) is 6.10 Å². The van der Waals surface area contributed by atoms with Crippen LogP contribution in [0.25, 0.3) is 0 Å². The Labute approximate surface area is 128 Å². The van der Waals surface area contributed by atoms with Crippen molar-refractivity contribution in [2.75, 3.05) is 6.61 Å². The monoisotopic (exact) mass is 318 g/mol. The van der Waals surface area contributed by atoms with Crippen molar-refractivity contribution in [2.24, 2.45) is 0 Å². The first-order valence-corrected chi connectivity index (χ1v) is 14.6. The summed E-state index contributed by atoms with van der Waals surface area (Å²) in [6.45, 7) is 18.0. The Balaban J connectivity index is 4.93. The van der Waals surface area contributed by atoms with Gasteiger partial charge in [-0.1, -0.05) is 19.8 Å². The van der Waals surface area contributed by atoms with E-state index in [0.717, 1.165) is 12.8 Å². The van der Waals surface area contributed by atoms with Gasteiger partial charge in [-0.25, -0.2) is 0 Å². The highest BCUT2D eigenvalue weighted by Gasteiger charge is 2.23. The minimum absolute atomic E-state index is 0.111.